The summed E-state index contributed by atoms with van der Waals surface area (Å²) in [5.41, 5.74) is -1.54. The number of carbonyl (C=O) groups is 1. The second-order valence-corrected chi connectivity index (χ2v) is 14.5. The van der Waals surface area contributed by atoms with Crippen molar-refractivity contribution in [3.05, 3.63) is 58.4 Å². The highest BCUT2D eigenvalue weighted by molar-refractivity contribution is 6.31. The normalized spacial score (nSPS) is 43.3. The standard InChI is InChI=1S/C33H43ClFNO4/c1-29-10-7-21(38)18-31(29)13-14-33(23(19-31)26(39)17-22-24(34)5-4-6-25(22)35)27(29)8-11-30(2)28(33)9-12-32(30,40)20-36(3)15-16-37/h4-6,13-14,19,21,27-28,37-38,40H,7-12,15-18,20H2,1-3H3. The number of fused-ring (bicyclic) bond motifs is 1. The quantitative estimate of drug-likeness (QED) is 0.397. The van der Waals surface area contributed by atoms with Gasteiger partial charge in [0.25, 0.3) is 0 Å². The van der Waals surface area contributed by atoms with E-state index in [-0.39, 0.29) is 46.6 Å². The summed E-state index contributed by atoms with van der Waals surface area (Å²) < 4.78 is 14.9. The van der Waals surface area contributed by atoms with Crippen LogP contribution in [-0.2, 0) is 11.2 Å². The second kappa shape index (κ2) is 9.47. The maximum absolute atomic E-state index is 14.9. The van der Waals surface area contributed by atoms with Gasteiger partial charge in [0, 0.05) is 51.9 Å². The van der Waals surface area contributed by atoms with Gasteiger partial charge in [0.05, 0.1) is 18.3 Å². The molecule has 0 radical (unpaired) electrons. The Labute approximate surface area is 242 Å². The number of aliphatic hydroxyl groups is 3. The van der Waals surface area contributed by atoms with Crippen LogP contribution in [0.2, 0.25) is 5.02 Å². The molecule has 7 rings (SSSR count). The number of Topliss-reactive ketones (excluding diaryl/α,β-unsaturated/α-hetero) is 1. The Balaban J connectivity index is 1.48. The minimum absolute atomic E-state index is 0.0355. The van der Waals surface area contributed by atoms with Crippen LogP contribution < -0.4 is 0 Å². The van der Waals surface area contributed by atoms with Gasteiger partial charge in [0.2, 0.25) is 0 Å². The molecule has 6 aliphatic carbocycles. The molecular weight excluding hydrogens is 529 g/mol. The third-order valence-electron chi connectivity index (χ3n) is 12.4. The summed E-state index contributed by atoms with van der Waals surface area (Å²) in [6.45, 7) is 5.55. The molecule has 7 heteroatoms. The van der Waals surface area contributed by atoms with Crippen LogP contribution in [0, 0.1) is 39.3 Å². The molecule has 3 saturated carbocycles. The summed E-state index contributed by atoms with van der Waals surface area (Å²) >= 11 is 6.39. The van der Waals surface area contributed by atoms with Crippen molar-refractivity contribution in [3.8, 4) is 0 Å². The summed E-state index contributed by atoms with van der Waals surface area (Å²) in [4.78, 5) is 16.4. The molecule has 218 valence electrons. The molecule has 0 aliphatic heterocycles. The highest BCUT2D eigenvalue weighted by Crippen LogP contribution is 2.78. The Morgan fingerprint density at radius 3 is 2.52 bits per heavy atom. The van der Waals surface area contributed by atoms with E-state index in [0.29, 0.717) is 25.9 Å². The molecule has 0 amide bonds. The Bertz CT molecular complexity index is 1260. The lowest BCUT2D eigenvalue weighted by Crippen LogP contribution is -2.67. The molecule has 3 N–H and O–H groups in total. The topological polar surface area (TPSA) is 81.0 Å². The van der Waals surface area contributed by atoms with Crippen LogP contribution in [0.3, 0.4) is 0 Å². The van der Waals surface area contributed by atoms with Crippen molar-refractivity contribution in [1.82, 2.24) is 4.90 Å². The van der Waals surface area contributed by atoms with Gasteiger partial charge in [-0.3, -0.25) is 4.79 Å². The van der Waals surface area contributed by atoms with E-state index in [1.807, 2.05) is 11.9 Å². The number of aliphatic hydroxyl groups excluding tert-OH is 2. The number of hydrogen-bond acceptors (Lipinski definition) is 5. The minimum Gasteiger partial charge on any atom is -0.395 e. The molecule has 5 nitrogen and oxygen atoms in total. The number of rotatable bonds is 7. The van der Waals surface area contributed by atoms with E-state index < -0.39 is 33.8 Å². The Morgan fingerprint density at radius 2 is 1.80 bits per heavy atom. The number of carbonyl (C=O) groups excluding carboxylic acids is 1. The molecule has 1 aromatic carbocycles. The van der Waals surface area contributed by atoms with Crippen LogP contribution in [0.5, 0.6) is 0 Å². The zero-order valence-corrected chi connectivity index (χ0v) is 24.7. The Morgan fingerprint density at radius 1 is 1.10 bits per heavy atom. The van der Waals surface area contributed by atoms with E-state index in [0.717, 1.165) is 37.7 Å². The first kappa shape index (κ1) is 28.5. The van der Waals surface area contributed by atoms with Gasteiger partial charge >= 0.3 is 0 Å². The summed E-state index contributed by atoms with van der Waals surface area (Å²) in [5, 5.41) is 32.9. The van der Waals surface area contributed by atoms with Gasteiger partial charge in [0.1, 0.15) is 5.82 Å². The molecule has 6 aliphatic rings. The molecule has 1 aromatic rings. The largest absolute Gasteiger partial charge is 0.395 e. The zero-order chi connectivity index (χ0) is 28.7. The van der Waals surface area contributed by atoms with Crippen LogP contribution in [-0.4, -0.2) is 64.5 Å². The maximum atomic E-state index is 14.9. The molecule has 2 bridgehead atoms. The number of allylic oxidation sites excluding steroid dienone is 4. The van der Waals surface area contributed by atoms with Gasteiger partial charge in [-0.15, -0.1) is 0 Å². The van der Waals surface area contributed by atoms with Crippen molar-refractivity contribution in [3.63, 3.8) is 0 Å². The van der Waals surface area contributed by atoms with Gasteiger partial charge in [-0.25, -0.2) is 4.39 Å². The van der Waals surface area contributed by atoms with Crippen molar-refractivity contribution in [2.75, 3.05) is 26.7 Å². The predicted molar refractivity (Wildman–Crippen MR) is 153 cm³/mol. The third-order valence-corrected chi connectivity index (χ3v) is 12.8. The fraction of sp³-hybridized carbons (Fsp3) is 0.667. The average molecular weight is 572 g/mol. The first-order valence-electron chi connectivity index (χ1n) is 15.0. The van der Waals surface area contributed by atoms with E-state index in [1.165, 1.54) is 6.07 Å². The monoisotopic (exact) mass is 571 g/mol. The van der Waals surface area contributed by atoms with E-state index in [4.69, 9.17) is 11.6 Å². The fourth-order valence-corrected chi connectivity index (χ4v) is 10.5. The third kappa shape index (κ3) is 3.68. The number of benzene rings is 1. The summed E-state index contributed by atoms with van der Waals surface area (Å²) in [6.07, 6.45) is 11.5. The molecule has 0 saturated heterocycles. The molecule has 0 heterocycles. The van der Waals surface area contributed by atoms with Crippen LogP contribution >= 0.6 is 11.6 Å². The summed E-state index contributed by atoms with van der Waals surface area (Å²) in [5.74, 6) is -0.359. The van der Waals surface area contributed by atoms with E-state index in [9.17, 15) is 24.5 Å². The lowest BCUT2D eigenvalue weighted by Gasteiger charge is -2.71. The van der Waals surface area contributed by atoms with E-state index in [2.05, 4.69) is 32.1 Å². The highest BCUT2D eigenvalue weighted by Gasteiger charge is 2.74. The van der Waals surface area contributed by atoms with Crippen molar-refractivity contribution in [2.45, 2.75) is 76.9 Å². The zero-order valence-electron chi connectivity index (χ0n) is 23.9. The van der Waals surface area contributed by atoms with E-state index in [1.54, 1.807) is 12.1 Å². The maximum Gasteiger partial charge on any atom is 0.164 e. The number of halogens is 2. The molecule has 0 aromatic heterocycles. The molecule has 40 heavy (non-hydrogen) atoms. The fourth-order valence-electron chi connectivity index (χ4n) is 10.3. The second-order valence-electron chi connectivity index (χ2n) is 14.1. The summed E-state index contributed by atoms with van der Waals surface area (Å²) in [7, 11) is 1.94. The summed E-state index contributed by atoms with van der Waals surface area (Å²) in [6, 6.07) is 4.53. The number of ketones is 1. The number of likely N-dealkylation sites (N-methyl/N-ethyl adjacent to an activating group) is 1. The van der Waals surface area contributed by atoms with Crippen LogP contribution in [0.4, 0.5) is 4.39 Å². The van der Waals surface area contributed by atoms with Gasteiger partial charge in [-0.05, 0) is 81.4 Å². The molecule has 8 unspecified atom stereocenters. The van der Waals surface area contributed by atoms with Crippen LogP contribution in [0.25, 0.3) is 0 Å². The van der Waals surface area contributed by atoms with Gasteiger partial charge < -0.3 is 20.2 Å². The first-order chi connectivity index (χ1) is 18.9. The van der Waals surface area contributed by atoms with Crippen molar-refractivity contribution < 1.29 is 24.5 Å². The van der Waals surface area contributed by atoms with E-state index >= 15 is 0 Å². The first-order valence-corrected chi connectivity index (χ1v) is 15.3. The Kier molecular flexibility index (Phi) is 6.76. The number of hydrogen-bond donors (Lipinski definition) is 3. The lowest BCUT2D eigenvalue weighted by molar-refractivity contribution is -0.178. The van der Waals surface area contributed by atoms with Crippen molar-refractivity contribution in [1.29, 1.82) is 0 Å². The van der Waals surface area contributed by atoms with Gasteiger partial charge in [-0.1, -0.05) is 49.7 Å². The molecule has 3 fully saturated rings. The number of nitrogens with zero attached hydrogens (tertiary/aromatic N) is 1. The predicted octanol–water partition coefficient (Wildman–Crippen LogP) is 5.11. The average Bonchev–Trinajstić information content (AvgIpc) is 3.16. The SMILES string of the molecule is CN(CCO)CC1(O)CCC2C34C=CC5(C=C3C(=O)Cc3c(F)cccc3Cl)CC(O)CCC5(C)C4CCC21C. The molecular formula is C33H43ClFNO4. The van der Waals surface area contributed by atoms with Gasteiger partial charge in [-0.2, -0.15) is 0 Å². The Hall–Kier alpha value is -1.57. The molecule has 2 spiro atoms. The lowest BCUT2D eigenvalue weighted by atomic mass is 9.32. The van der Waals surface area contributed by atoms with Crippen LogP contribution in [0.1, 0.15) is 64.4 Å². The van der Waals surface area contributed by atoms with Crippen molar-refractivity contribution >= 4 is 17.4 Å². The van der Waals surface area contributed by atoms with Crippen LogP contribution in [0.15, 0.2) is 42.0 Å². The highest BCUT2D eigenvalue weighted by atomic mass is 35.5. The van der Waals surface area contributed by atoms with Gasteiger partial charge in [0.15, 0.2) is 5.78 Å². The molecule has 8 atom stereocenters. The van der Waals surface area contributed by atoms with Crippen molar-refractivity contribution in [2.24, 2.45) is 33.5 Å². The minimum atomic E-state index is -0.951. The smallest absolute Gasteiger partial charge is 0.164 e.